The van der Waals surface area contributed by atoms with Gasteiger partial charge in [0, 0.05) is 6.54 Å². The zero-order valence-electron chi connectivity index (χ0n) is 10.7. The average Bonchev–Trinajstić information content (AvgIpc) is 2.85. The molecule has 4 nitrogen and oxygen atoms in total. The molecule has 2 heterocycles. The van der Waals surface area contributed by atoms with E-state index in [0.29, 0.717) is 12.5 Å². The van der Waals surface area contributed by atoms with Gasteiger partial charge < -0.3 is 10.0 Å². The summed E-state index contributed by atoms with van der Waals surface area (Å²) < 4.78 is 1.15. The van der Waals surface area contributed by atoms with E-state index < -0.39 is 6.09 Å². The van der Waals surface area contributed by atoms with Gasteiger partial charge in [-0.25, -0.2) is 9.78 Å². The molecule has 19 heavy (non-hydrogen) atoms. The Balaban J connectivity index is 1.96. The van der Waals surface area contributed by atoms with Crippen LogP contribution in [0.4, 0.5) is 4.79 Å². The van der Waals surface area contributed by atoms with E-state index in [2.05, 4.69) is 11.9 Å². The highest BCUT2D eigenvalue weighted by Gasteiger charge is 2.30. The summed E-state index contributed by atoms with van der Waals surface area (Å²) >= 11 is 1.61. The number of nitrogens with zero attached hydrogens (tertiary/aromatic N) is 2. The lowest BCUT2D eigenvalue weighted by Gasteiger charge is -2.37. The lowest BCUT2D eigenvalue weighted by Crippen LogP contribution is -2.40. The lowest BCUT2D eigenvalue weighted by atomic mass is 9.90. The second-order valence-corrected chi connectivity index (χ2v) is 6.10. The quantitative estimate of drug-likeness (QED) is 0.863. The number of aromatic nitrogens is 1. The minimum absolute atomic E-state index is 0.0280. The van der Waals surface area contributed by atoms with Crippen LogP contribution in [0, 0.1) is 5.92 Å². The smallest absolute Gasteiger partial charge is 0.407 e. The number of amides is 1. The van der Waals surface area contributed by atoms with E-state index in [1.54, 1.807) is 16.2 Å². The molecule has 0 aliphatic carbocycles. The van der Waals surface area contributed by atoms with Crippen molar-refractivity contribution < 1.29 is 9.90 Å². The maximum absolute atomic E-state index is 11.4. The molecule has 1 aliphatic rings. The van der Waals surface area contributed by atoms with Crippen LogP contribution in [0.5, 0.6) is 0 Å². The molecule has 1 amide bonds. The summed E-state index contributed by atoms with van der Waals surface area (Å²) in [6.45, 7) is 2.73. The van der Waals surface area contributed by atoms with Crippen LogP contribution in [-0.2, 0) is 0 Å². The first kappa shape index (κ1) is 12.4. The van der Waals surface area contributed by atoms with Crippen molar-refractivity contribution in [2.45, 2.75) is 25.8 Å². The molecule has 3 rings (SSSR count). The van der Waals surface area contributed by atoms with Crippen LogP contribution in [0.1, 0.15) is 31.4 Å². The van der Waals surface area contributed by atoms with Gasteiger partial charge in [0.25, 0.3) is 0 Å². The number of benzene rings is 1. The maximum atomic E-state index is 11.4. The molecule has 0 saturated carbocycles. The molecule has 1 aliphatic heterocycles. The van der Waals surface area contributed by atoms with Crippen molar-refractivity contribution >= 4 is 27.6 Å². The van der Waals surface area contributed by atoms with Crippen molar-refractivity contribution in [3.63, 3.8) is 0 Å². The summed E-state index contributed by atoms with van der Waals surface area (Å²) in [5.41, 5.74) is 3.85. The van der Waals surface area contributed by atoms with E-state index in [1.807, 2.05) is 23.7 Å². The summed E-state index contributed by atoms with van der Waals surface area (Å²) in [6.07, 6.45) is 1.14. The summed E-state index contributed by atoms with van der Waals surface area (Å²) in [4.78, 5) is 17.3. The molecule has 2 aromatic rings. The van der Waals surface area contributed by atoms with Crippen molar-refractivity contribution in [2.24, 2.45) is 5.92 Å². The molecule has 0 radical (unpaired) electrons. The number of rotatable bonds is 1. The molecule has 100 valence electrons. The van der Waals surface area contributed by atoms with Gasteiger partial charge >= 0.3 is 6.09 Å². The van der Waals surface area contributed by atoms with Crippen molar-refractivity contribution in [3.05, 3.63) is 29.3 Å². The van der Waals surface area contributed by atoms with E-state index in [4.69, 9.17) is 0 Å². The summed E-state index contributed by atoms with van der Waals surface area (Å²) in [7, 11) is 0. The molecular formula is C14H16N2O2S. The molecule has 1 saturated heterocycles. The van der Waals surface area contributed by atoms with Gasteiger partial charge in [0.1, 0.15) is 0 Å². The zero-order valence-corrected chi connectivity index (χ0v) is 11.6. The fraction of sp³-hybridized carbons (Fsp3) is 0.429. The van der Waals surface area contributed by atoms with E-state index >= 15 is 0 Å². The summed E-state index contributed by atoms with van der Waals surface area (Å²) in [5.74, 6) is 0.440. The van der Waals surface area contributed by atoms with Crippen LogP contribution in [0.15, 0.2) is 23.7 Å². The van der Waals surface area contributed by atoms with Crippen LogP contribution >= 0.6 is 11.3 Å². The van der Waals surface area contributed by atoms with Gasteiger partial charge in [-0.05, 0) is 36.5 Å². The van der Waals surface area contributed by atoms with Crippen molar-refractivity contribution in [3.8, 4) is 0 Å². The summed E-state index contributed by atoms with van der Waals surface area (Å²) in [5, 5.41) is 9.37. The Hall–Kier alpha value is -1.62. The van der Waals surface area contributed by atoms with Gasteiger partial charge in [-0.2, -0.15) is 0 Å². The zero-order chi connectivity index (χ0) is 13.4. The van der Waals surface area contributed by atoms with Gasteiger partial charge in [-0.1, -0.05) is 13.0 Å². The number of piperidine rings is 1. The Kier molecular flexibility index (Phi) is 3.14. The molecule has 0 bridgehead atoms. The Morgan fingerprint density at radius 2 is 2.32 bits per heavy atom. The highest BCUT2D eigenvalue weighted by molar-refractivity contribution is 7.16. The largest absolute Gasteiger partial charge is 0.465 e. The normalized spacial score (nSPS) is 23.7. The van der Waals surface area contributed by atoms with E-state index in [1.165, 1.54) is 0 Å². The summed E-state index contributed by atoms with van der Waals surface area (Å²) in [6, 6.07) is 6.08. The second-order valence-electron chi connectivity index (χ2n) is 5.21. The van der Waals surface area contributed by atoms with Crippen molar-refractivity contribution in [1.29, 1.82) is 0 Å². The minimum Gasteiger partial charge on any atom is -0.465 e. The number of hydrogen-bond acceptors (Lipinski definition) is 3. The molecule has 0 spiro atoms. The van der Waals surface area contributed by atoms with Crippen LogP contribution < -0.4 is 0 Å². The number of carboxylic acid groups (broad SMARTS) is 1. The van der Waals surface area contributed by atoms with Gasteiger partial charge in [-0.3, -0.25) is 0 Å². The predicted molar refractivity (Wildman–Crippen MR) is 75.5 cm³/mol. The molecule has 1 N–H and O–H groups in total. The first-order chi connectivity index (χ1) is 9.15. The van der Waals surface area contributed by atoms with E-state index in [-0.39, 0.29) is 6.04 Å². The van der Waals surface area contributed by atoms with Crippen LogP contribution in [-0.4, -0.2) is 27.6 Å². The molecule has 5 heteroatoms. The Morgan fingerprint density at radius 3 is 3.11 bits per heavy atom. The Morgan fingerprint density at radius 1 is 1.47 bits per heavy atom. The fourth-order valence-electron chi connectivity index (χ4n) is 2.79. The van der Waals surface area contributed by atoms with Crippen molar-refractivity contribution in [2.75, 3.05) is 6.54 Å². The highest BCUT2D eigenvalue weighted by atomic mass is 32.1. The Labute approximate surface area is 115 Å². The molecule has 1 aromatic carbocycles. The van der Waals surface area contributed by atoms with E-state index in [0.717, 1.165) is 28.6 Å². The SMILES string of the molecule is CC1CCC(c2ccc3scnc3c2)N(C(=O)O)C1. The van der Waals surface area contributed by atoms with E-state index in [9.17, 15) is 9.90 Å². The fourth-order valence-corrected chi connectivity index (χ4v) is 3.45. The Bertz CT molecular complexity index is 610. The predicted octanol–water partition coefficient (Wildman–Crippen LogP) is 3.75. The first-order valence-electron chi connectivity index (χ1n) is 6.48. The van der Waals surface area contributed by atoms with Crippen LogP contribution in [0.3, 0.4) is 0 Å². The molecule has 2 atom stereocenters. The maximum Gasteiger partial charge on any atom is 0.407 e. The standard InChI is InChI=1S/C14H16N2O2S/c1-9-2-4-12(16(7-9)14(17)18)10-3-5-13-11(6-10)15-8-19-13/h3,5-6,8-9,12H,2,4,7H2,1H3,(H,17,18). The number of fused-ring (bicyclic) bond motifs is 1. The number of thiazole rings is 1. The molecule has 2 unspecified atom stereocenters. The minimum atomic E-state index is -0.824. The van der Waals surface area contributed by atoms with Gasteiger partial charge in [-0.15, -0.1) is 11.3 Å². The average molecular weight is 276 g/mol. The first-order valence-corrected chi connectivity index (χ1v) is 7.36. The topological polar surface area (TPSA) is 53.4 Å². The second kappa shape index (κ2) is 4.81. The third-order valence-electron chi connectivity index (χ3n) is 3.80. The number of carbonyl (C=O) groups is 1. The van der Waals surface area contributed by atoms with Crippen LogP contribution in [0.2, 0.25) is 0 Å². The third kappa shape index (κ3) is 2.30. The van der Waals surface area contributed by atoms with Crippen LogP contribution in [0.25, 0.3) is 10.2 Å². The molecule has 1 fully saturated rings. The van der Waals surface area contributed by atoms with Gasteiger partial charge in [0.2, 0.25) is 0 Å². The number of likely N-dealkylation sites (tertiary alicyclic amines) is 1. The monoisotopic (exact) mass is 276 g/mol. The van der Waals surface area contributed by atoms with Gasteiger partial charge in [0.15, 0.2) is 0 Å². The molecular weight excluding hydrogens is 260 g/mol. The highest BCUT2D eigenvalue weighted by Crippen LogP contribution is 2.34. The number of hydrogen-bond donors (Lipinski definition) is 1. The molecule has 1 aromatic heterocycles. The van der Waals surface area contributed by atoms with Gasteiger partial charge in [0.05, 0.1) is 21.8 Å². The lowest BCUT2D eigenvalue weighted by molar-refractivity contribution is 0.0900. The van der Waals surface area contributed by atoms with Crippen molar-refractivity contribution in [1.82, 2.24) is 9.88 Å². The third-order valence-corrected chi connectivity index (χ3v) is 4.61.